The Balaban J connectivity index is 1.54. The van der Waals surface area contributed by atoms with Gasteiger partial charge < -0.3 is 9.64 Å². The van der Waals surface area contributed by atoms with Crippen LogP contribution in [0.3, 0.4) is 0 Å². The number of carbonyl (C=O) groups excluding carboxylic acids is 1. The van der Waals surface area contributed by atoms with Crippen molar-refractivity contribution in [3.63, 3.8) is 0 Å². The van der Waals surface area contributed by atoms with E-state index in [4.69, 9.17) is 9.72 Å². The van der Waals surface area contributed by atoms with Gasteiger partial charge in [0.2, 0.25) is 5.91 Å². The molecule has 1 amide bonds. The smallest absolute Gasteiger partial charge is 0.235 e. The first kappa shape index (κ1) is 21.1. The number of ether oxygens (including phenoxy) is 1. The van der Waals surface area contributed by atoms with Gasteiger partial charge in [0.25, 0.3) is 0 Å². The highest BCUT2D eigenvalue weighted by atomic mass is 32.2. The van der Waals surface area contributed by atoms with E-state index in [1.165, 1.54) is 35.0 Å². The summed E-state index contributed by atoms with van der Waals surface area (Å²) in [5, 5.41) is 1.92. The maximum absolute atomic E-state index is 12.9. The second-order valence-electron chi connectivity index (χ2n) is 8.31. The van der Waals surface area contributed by atoms with E-state index in [9.17, 15) is 4.79 Å². The Bertz CT molecular complexity index is 1120. The second kappa shape index (κ2) is 9.00. The molecule has 0 aromatic carbocycles. The quantitative estimate of drug-likeness (QED) is 0.418. The van der Waals surface area contributed by atoms with Gasteiger partial charge in [-0.1, -0.05) is 25.1 Å². The molecule has 8 heteroatoms. The minimum Gasteiger partial charge on any atom is -0.378 e. The number of amides is 1. The zero-order chi connectivity index (χ0) is 21.4. The van der Waals surface area contributed by atoms with E-state index in [2.05, 4.69) is 16.9 Å². The van der Waals surface area contributed by atoms with Crippen LogP contribution in [0.5, 0.6) is 0 Å². The zero-order valence-electron chi connectivity index (χ0n) is 18.1. The molecule has 0 bridgehead atoms. The molecule has 3 aromatic rings. The van der Waals surface area contributed by atoms with Gasteiger partial charge in [-0.15, -0.1) is 11.3 Å². The van der Waals surface area contributed by atoms with Gasteiger partial charge in [0, 0.05) is 24.2 Å². The molecule has 3 aromatic heterocycles. The Morgan fingerprint density at radius 1 is 1.23 bits per heavy atom. The van der Waals surface area contributed by atoms with Crippen molar-refractivity contribution in [2.24, 2.45) is 0 Å². The summed E-state index contributed by atoms with van der Waals surface area (Å²) in [6.07, 6.45) is 8.50. The Hall–Kier alpha value is -1.77. The van der Waals surface area contributed by atoms with Crippen molar-refractivity contribution in [3.05, 3.63) is 23.1 Å². The van der Waals surface area contributed by atoms with E-state index in [0.29, 0.717) is 26.3 Å². The van der Waals surface area contributed by atoms with Crippen molar-refractivity contribution in [1.82, 2.24) is 19.9 Å². The summed E-state index contributed by atoms with van der Waals surface area (Å²) in [7, 11) is 0. The molecule has 0 N–H and O–H groups in total. The number of fused-ring (bicyclic) bond motifs is 5. The van der Waals surface area contributed by atoms with Crippen LogP contribution in [0.25, 0.3) is 20.4 Å². The predicted octanol–water partition coefficient (Wildman–Crippen LogP) is 4.41. The normalized spacial score (nSPS) is 17.8. The monoisotopic (exact) mass is 456 g/mol. The number of rotatable bonds is 5. The Labute approximate surface area is 190 Å². The molecule has 0 spiro atoms. The molecule has 4 heterocycles. The molecule has 2 aliphatic rings. The van der Waals surface area contributed by atoms with Crippen LogP contribution >= 0.6 is 23.1 Å². The summed E-state index contributed by atoms with van der Waals surface area (Å²) >= 11 is 3.23. The number of carbonyl (C=O) groups is 1. The van der Waals surface area contributed by atoms with Crippen LogP contribution < -0.4 is 0 Å². The summed E-state index contributed by atoms with van der Waals surface area (Å²) in [4.78, 5) is 30.3. The van der Waals surface area contributed by atoms with Crippen molar-refractivity contribution in [2.45, 2.75) is 62.6 Å². The van der Waals surface area contributed by atoms with Crippen molar-refractivity contribution in [1.29, 1.82) is 0 Å². The van der Waals surface area contributed by atoms with Gasteiger partial charge in [0.15, 0.2) is 0 Å². The molecule has 1 atom stereocenters. The van der Waals surface area contributed by atoms with Gasteiger partial charge in [-0.05, 0) is 50.2 Å². The molecule has 1 aliphatic heterocycles. The SMILES string of the molecule is CCCc1nc2sc3c(S[C@H](C)C(=O)N4CCOCC4)ncnc3c2c2c1CCCC2. The first-order chi connectivity index (χ1) is 15.2. The maximum Gasteiger partial charge on any atom is 0.235 e. The van der Waals surface area contributed by atoms with Crippen LogP contribution in [0.4, 0.5) is 0 Å². The third-order valence-corrected chi connectivity index (χ3v) is 8.52. The molecule has 164 valence electrons. The number of aryl methyl sites for hydroxylation is 2. The minimum absolute atomic E-state index is 0.155. The first-order valence-electron chi connectivity index (χ1n) is 11.3. The average molecular weight is 457 g/mol. The van der Waals surface area contributed by atoms with Gasteiger partial charge in [0.1, 0.15) is 16.2 Å². The van der Waals surface area contributed by atoms with Crippen molar-refractivity contribution >= 4 is 49.4 Å². The Kier molecular flexibility index (Phi) is 6.12. The number of thioether (sulfide) groups is 1. The van der Waals surface area contributed by atoms with Crippen molar-refractivity contribution in [2.75, 3.05) is 26.3 Å². The molecule has 6 nitrogen and oxygen atoms in total. The van der Waals surface area contributed by atoms with E-state index in [0.717, 1.165) is 45.8 Å². The molecule has 1 saturated heterocycles. The molecule has 1 aliphatic carbocycles. The van der Waals surface area contributed by atoms with E-state index < -0.39 is 0 Å². The summed E-state index contributed by atoms with van der Waals surface area (Å²) in [6, 6.07) is 0. The molecule has 31 heavy (non-hydrogen) atoms. The van der Waals surface area contributed by atoms with Gasteiger partial charge in [-0.3, -0.25) is 4.79 Å². The highest BCUT2D eigenvalue weighted by Gasteiger charge is 2.26. The van der Waals surface area contributed by atoms with Crippen LogP contribution in [0.2, 0.25) is 0 Å². The standard InChI is InChI=1S/C23H28N4O2S2/c1-3-6-17-15-7-4-5-8-16(15)18-19-20(31-21(18)26-17)22(25-13-24-19)30-14(2)23(28)27-9-11-29-12-10-27/h13-14H,3-12H2,1-2H3/t14-/m1/s1. The van der Waals surface area contributed by atoms with E-state index >= 15 is 0 Å². The van der Waals surface area contributed by atoms with E-state index in [-0.39, 0.29) is 11.2 Å². The molecule has 5 rings (SSSR count). The molecule has 0 saturated carbocycles. The van der Waals surface area contributed by atoms with E-state index in [1.54, 1.807) is 29.4 Å². The van der Waals surface area contributed by atoms with Gasteiger partial charge in [-0.25, -0.2) is 15.0 Å². The number of nitrogens with zero attached hydrogens (tertiary/aromatic N) is 4. The third-order valence-electron chi connectivity index (χ3n) is 6.22. The first-order valence-corrected chi connectivity index (χ1v) is 13.0. The lowest BCUT2D eigenvalue weighted by atomic mass is 9.88. The third kappa shape index (κ3) is 3.94. The number of thiophene rings is 1. The summed E-state index contributed by atoms with van der Waals surface area (Å²) in [5.41, 5.74) is 5.20. The number of hydrogen-bond acceptors (Lipinski definition) is 7. The van der Waals surface area contributed by atoms with Gasteiger partial charge in [-0.2, -0.15) is 0 Å². The molecule has 0 radical (unpaired) electrons. The molecular formula is C23H28N4O2S2. The van der Waals surface area contributed by atoms with Gasteiger partial charge in [0.05, 0.1) is 28.7 Å². The topological polar surface area (TPSA) is 68.2 Å². The lowest BCUT2D eigenvalue weighted by Gasteiger charge is -2.28. The zero-order valence-corrected chi connectivity index (χ0v) is 19.8. The fraction of sp³-hybridized carbons (Fsp3) is 0.565. The fourth-order valence-corrected chi connectivity index (χ4v) is 6.93. The summed E-state index contributed by atoms with van der Waals surface area (Å²) < 4.78 is 6.45. The molecule has 0 unspecified atom stereocenters. The average Bonchev–Trinajstić information content (AvgIpc) is 3.19. The maximum atomic E-state index is 12.9. The molecule has 1 fully saturated rings. The van der Waals surface area contributed by atoms with Gasteiger partial charge >= 0.3 is 0 Å². The van der Waals surface area contributed by atoms with Crippen LogP contribution in [0.1, 0.15) is 49.9 Å². The number of hydrogen-bond donors (Lipinski definition) is 0. The number of aromatic nitrogens is 3. The van der Waals surface area contributed by atoms with Crippen LogP contribution in [0.15, 0.2) is 11.4 Å². The lowest BCUT2D eigenvalue weighted by molar-refractivity contribution is -0.134. The van der Waals surface area contributed by atoms with Crippen molar-refractivity contribution in [3.8, 4) is 0 Å². The number of morpholine rings is 1. The van der Waals surface area contributed by atoms with Crippen molar-refractivity contribution < 1.29 is 9.53 Å². The predicted molar refractivity (Wildman–Crippen MR) is 126 cm³/mol. The highest BCUT2D eigenvalue weighted by molar-refractivity contribution is 8.00. The Morgan fingerprint density at radius 2 is 2.00 bits per heavy atom. The van der Waals surface area contributed by atoms with Crippen LogP contribution in [-0.2, 0) is 28.8 Å². The van der Waals surface area contributed by atoms with Crippen LogP contribution in [0, 0.1) is 0 Å². The lowest BCUT2D eigenvalue weighted by Crippen LogP contribution is -2.44. The second-order valence-corrected chi connectivity index (χ2v) is 10.6. The summed E-state index contributed by atoms with van der Waals surface area (Å²) in [6.45, 7) is 6.77. The van der Waals surface area contributed by atoms with Crippen LogP contribution in [-0.4, -0.2) is 57.3 Å². The highest BCUT2D eigenvalue weighted by Crippen LogP contribution is 2.42. The number of pyridine rings is 1. The Morgan fingerprint density at radius 3 is 2.77 bits per heavy atom. The molecular weight excluding hydrogens is 428 g/mol. The minimum atomic E-state index is -0.195. The fourth-order valence-electron chi connectivity index (χ4n) is 4.70. The van der Waals surface area contributed by atoms with E-state index in [1.807, 2.05) is 11.8 Å². The largest absolute Gasteiger partial charge is 0.378 e. The summed E-state index contributed by atoms with van der Waals surface area (Å²) in [5.74, 6) is 0.155.